The molecular weight excluding hydrogens is 1450 g/mol. The minimum absolute atomic E-state index is 0.00947. The van der Waals surface area contributed by atoms with Crippen LogP contribution in [0.25, 0.3) is 32.3 Å². The van der Waals surface area contributed by atoms with E-state index in [2.05, 4.69) is 82.3 Å². The number of hydroxylamine groups is 2. The van der Waals surface area contributed by atoms with Gasteiger partial charge in [-0.25, -0.2) is 4.79 Å². The second kappa shape index (κ2) is 57.9. The Labute approximate surface area is 627 Å². The van der Waals surface area contributed by atoms with Crippen LogP contribution in [0.15, 0.2) is 51.1 Å². The van der Waals surface area contributed by atoms with Crippen molar-refractivity contribution in [2.24, 2.45) is 0 Å². The first kappa shape index (κ1) is 97.0. The van der Waals surface area contributed by atoms with Gasteiger partial charge in [0.05, 0.1) is 172 Å². The number of hydrogen-bond donors (Lipinski definition) is 4. The maximum Gasteiger partial charge on any atom is 0.335 e. The van der Waals surface area contributed by atoms with Crippen molar-refractivity contribution in [1.29, 1.82) is 0 Å². The first-order valence-corrected chi connectivity index (χ1v) is 41.0. The van der Waals surface area contributed by atoms with Gasteiger partial charge in [-0.2, -0.15) is 25.3 Å². The molecule has 0 atom stereocenters. The molecule has 610 valence electrons. The molecule has 4 aromatic rings. The summed E-state index contributed by atoms with van der Waals surface area (Å²) in [7, 11) is -15.0. The zero-order valence-corrected chi connectivity index (χ0v) is 66.3. The Kier molecular flexibility index (Phi) is 53.0. The number of unbranched alkanes of at least 4 members (excludes halogenated alkanes) is 2. The molecule has 1 aliphatic rings. The molecule has 0 bridgehead atoms. The molecule has 32 nitrogen and oxygen atoms in total. The average molecular weight is 1570 g/mol. The van der Waals surface area contributed by atoms with Crippen LogP contribution < -0.4 is 10.1 Å². The SMILES string of the molecule is CCN(CC)CC.CCN(CC)CC.CCN(CC)CC.O=C(CCCCCOc1cc2c(S(=O)(=O)O)cc(S(=O)(=O)O)c3ccc4c(S(=O)(=O)O)ccc1c4c32)NCCOCCOCCOCCOCCOCCOCCOCCOCCOCCOCCOCCOCCC(=O)ON1C(=O)CCC1=O. The number of amides is 3. The summed E-state index contributed by atoms with van der Waals surface area (Å²) in [5, 5.41) is 2.95. The van der Waals surface area contributed by atoms with E-state index in [-0.39, 0.29) is 96.1 Å². The molecule has 0 radical (unpaired) electrons. The lowest BCUT2D eigenvalue weighted by Crippen LogP contribution is -2.32. The third-order valence-corrected chi connectivity index (χ3v) is 18.9. The van der Waals surface area contributed by atoms with E-state index in [0.717, 1.165) is 12.1 Å². The number of benzene rings is 4. The highest BCUT2D eigenvalue weighted by atomic mass is 32.2. The molecule has 0 unspecified atom stereocenters. The highest BCUT2D eigenvalue weighted by molar-refractivity contribution is 7.87. The fourth-order valence-electron chi connectivity index (χ4n) is 10.2. The van der Waals surface area contributed by atoms with Gasteiger partial charge < -0.3 is 86.4 Å². The zero-order chi connectivity index (χ0) is 78.4. The Morgan fingerprint density at radius 3 is 1.03 bits per heavy atom. The van der Waals surface area contributed by atoms with Crippen LogP contribution in [0.4, 0.5) is 0 Å². The van der Waals surface area contributed by atoms with Gasteiger partial charge in [-0.3, -0.25) is 28.0 Å². The molecule has 0 spiro atoms. The number of hydrogen-bond acceptors (Lipinski definition) is 27. The number of nitrogens with zero attached hydrogens (tertiary/aromatic N) is 4. The summed E-state index contributed by atoms with van der Waals surface area (Å²) >= 11 is 0. The van der Waals surface area contributed by atoms with E-state index in [0.29, 0.717) is 176 Å². The number of carbonyl (C=O) groups excluding carboxylic acids is 4. The molecule has 1 heterocycles. The van der Waals surface area contributed by atoms with Crippen LogP contribution in [-0.4, -0.2) is 313 Å². The molecule has 1 saturated heterocycles. The molecule has 4 aromatic carbocycles. The van der Waals surface area contributed by atoms with Gasteiger partial charge in [0.2, 0.25) is 5.91 Å². The van der Waals surface area contributed by atoms with Crippen LogP contribution in [-0.2, 0) is 111 Å². The molecular formula is C71H121N5O27S3. The van der Waals surface area contributed by atoms with E-state index in [1.165, 1.54) is 77.1 Å². The molecule has 106 heavy (non-hydrogen) atoms. The molecule has 3 amide bonds. The lowest BCUT2D eigenvalue weighted by molar-refractivity contribution is -0.198. The summed E-state index contributed by atoms with van der Waals surface area (Å²) in [4.78, 5) is 56.6. The van der Waals surface area contributed by atoms with Crippen LogP contribution in [0.1, 0.15) is 107 Å². The largest absolute Gasteiger partial charge is 0.493 e. The van der Waals surface area contributed by atoms with Crippen molar-refractivity contribution >= 4 is 86.4 Å². The second-order valence-electron chi connectivity index (χ2n) is 23.3. The molecule has 0 aliphatic carbocycles. The van der Waals surface area contributed by atoms with Gasteiger partial charge in [0.25, 0.3) is 42.2 Å². The van der Waals surface area contributed by atoms with E-state index in [1.807, 2.05) is 0 Å². The predicted molar refractivity (Wildman–Crippen MR) is 399 cm³/mol. The molecule has 0 saturated carbocycles. The summed E-state index contributed by atoms with van der Waals surface area (Å²) < 4.78 is 176. The highest BCUT2D eigenvalue weighted by Crippen LogP contribution is 2.45. The quantitative estimate of drug-likeness (QED) is 0.0156. The van der Waals surface area contributed by atoms with Crippen molar-refractivity contribution in [2.45, 2.75) is 122 Å². The standard InChI is InChI=1S/C53H76N2O27S3.3C6H15N/c56-48(4-2-1-3-13-81-44-38-43-47(85(66,67)68)39-46(84(63,64)65)42-6-5-41-45(83(60,61)62)8-7-40(44)52(41)53(42)43)54-12-15-70-17-19-72-21-23-74-25-27-76-29-31-78-33-35-80-37-36-79-34-32-77-30-28-75-26-24-73-22-20-71-18-16-69-14-11-51(59)82-55-49(57)9-10-50(55)58;3*1-4-7(5-2)6-3/h5-8,38-39H,1-4,9-37H2,(H,54,56)(H,60,61,62)(H,63,64,65)(H,66,67,68);3*4-6H2,1-3H3. The highest BCUT2D eigenvalue weighted by Gasteiger charge is 2.33. The zero-order valence-electron chi connectivity index (χ0n) is 63.8. The molecule has 1 aliphatic heterocycles. The summed E-state index contributed by atoms with van der Waals surface area (Å²) in [5.74, 6) is -1.88. The van der Waals surface area contributed by atoms with Crippen molar-refractivity contribution < 1.29 is 125 Å². The maximum atomic E-state index is 12.5. The molecule has 5 rings (SSSR count). The van der Waals surface area contributed by atoms with Gasteiger partial charge in [0, 0.05) is 58.1 Å². The fourth-order valence-corrected chi connectivity index (χ4v) is 12.4. The number of imide groups is 1. The smallest absolute Gasteiger partial charge is 0.335 e. The Morgan fingerprint density at radius 2 is 0.689 bits per heavy atom. The Morgan fingerprint density at radius 1 is 0.377 bits per heavy atom. The Hall–Kier alpha value is -5.07. The number of ether oxygens (including phenoxy) is 13. The van der Waals surface area contributed by atoms with E-state index < -0.39 is 62.8 Å². The normalized spacial score (nSPS) is 12.7. The van der Waals surface area contributed by atoms with Crippen LogP contribution in [0.5, 0.6) is 5.75 Å². The fraction of sp³-hybridized carbons (Fsp3) is 0.718. The van der Waals surface area contributed by atoms with Gasteiger partial charge >= 0.3 is 5.97 Å². The number of rotatable bonds is 59. The Bertz CT molecular complexity index is 3320. The van der Waals surface area contributed by atoms with Gasteiger partial charge in [-0.05, 0) is 102 Å². The van der Waals surface area contributed by atoms with Gasteiger partial charge in [0.1, 0.15) is 20.4 Å². The van der Waals surface area contributed by atoms with Crippen LogP contribution in [0.2, 0.25) is 0 Å². The third kappa shape index (κ3) is 40.6. The number of carbonyl (C=O) groups is 4. The van der Waals surface area contributed by atoms with E-state index in [1.54, 1.807) is 0 Å². The summed E-state index contributed by atoms with van der Waals surface area (Å²) in [5.41, 5.74) is 0. The molecule has 1 fully saturated rings. The van der Waals surface area contributed by atoms with E-state index in [4.69, 9.17) is 66.4 Å². The summed E-state index contributed by atoms with van der Waals surface area (Å²) in [6.45, 7) is 39.7. The summed E-state index contributed by atoms with van der Waals surface area (Å²) in [6.07, 6.45) is 1.73. The third-order valence-electron chi connectivity index (χ3n) is 16.2. The van der Waals surface area contributed by atoms with E-state index in [9.17, 15) is 58.1 Å². The molecule has 0 aromatic heterocycles. The lowest BCUT2D eigenvalue weighted by Gasteiger charge is -2.19. The van der Waals surface area contributed by atoms with Crippen LogP contribution in [0, 0.1) is 0 Å². The maximum absolute atomic E-state index is 12.5. The number of nitrogens with one attached hydrogen (secondary N) is 1. The van der Waals surface area contributed by atoms with Gasteiger partial charge in [-0.15, -0.1) is 5.06 Å². The average Bonchev–Trinajstić information content (AvgIpc) is 0.721. The van der Waals surface area contributed by atoms with Gasteiger partial charge in [0.15, 0.2) is 0 Å². The van der Waals surface area contributed by atoms with Crippen molar-refractivity contribution in [3.63, 3.8) is 0 Å². The van der Waals surface area contributed by atoms with Crippen molar-refractivity contribution in [2.75, 3.05) is 231 Å². The van der Waals surface area contributed by atoms with Crippen molar-refractivity contribution in [1.82, 2.24) is 25.1 Å². The second-order valence-corrected chi connectivity index (χ2v) is 27.4. The first-order chi connectivity index (χ1) is 50.9. The lowest BCUT2D eigenvalue weighted by atomic mass is 9.93. The Balaban J connectivity index is 0.00000158. The topological polar surface area (TPSA) is 386 Å². The van der Waals surface area contributed by atoms with Crippen LogP contribution >= 0.6 is 0 Å². The molecule has 35 heteroatoms. The van der Waals surface area contributed by atoms with Crippen molar-refractivity contribution in [3.8, 4) is 5.75 Å². The van der Waals surface area contributed by atoms with Crippen LogP contribution in [0.3, 0.4) is 0 Å². The minimum atomic E-state index is -5.11. The van der Waals surface area contributed by atoms with Crippen molar-refractivity contribution in [3.05, 3.63) is 36.4 Å². The monoisotopic (exact) mass is 1570 g/mol. The first-order valence-electron chi connectivity index (χ1n) is 36.7. The molecule has 4 N–H and O–H groups in total. The van der Waals surface area contributed by atoms with E-state index >= 15 is 0 Å². The van der Waals surface area contributed by atoms with Gasteiger partial charge in [-0.1, -0.05) is 74.4 Å². The minimum Gasteiger partial charge on any atom is -0.493 e. The summed E-state index contributed by atoms with van der Waals surface area (Å²) in [6, 6.07) is 6.66. The predicted octanol–water partition coefficient (Wildman–Crippen LogP) is 6.62.